The highest BCUT2D eigenvalue weighted by atomic mass is 28.3. The number of nitriles is 1. The van der Waals surface area contributed by atoms with Gasteiger partial charge in [-0.1, -0.05) is 57.2 Å². The molecular weight excluding hydrogens is 418 g/mol. The van der Waals surface area contributed by atoms with E-state index >= 15 is 0 Å². The minimum absolute atomic E-state index is 0.117. The van der Waals surface area contributed by atoms with Gasteiger partial charge in [0.25, 0.3) is 0 Å². The van der Waals surface area contributed by atoms with Crippen LogP contribution in [0.1, 0.15) is 12.2 Å². The summed E-state index contributed by atoms with van der Waals surface area (Å²) in [6.45, 7) is 14.6. The van der Waals surface area contributed by atoms with Gasteiger partial charge in [0.05, 0.1) is 11.0 Å². The van der Waals surface area contributed by atoms with Crippen molar-refractivity contribution >= 4 is 21.9 Å². The summed E-state index contributed by atoms with van der Waals surface area (Å²) in [6.07, 6.45) is 8.80. The van der Waals surface area contributed by atoms with Gasteiger partial charge in [-0.3, -0.25) is 4.79 Å². The number of hydrogen-bond donors (Lipinski definition) is 0. The molecule has 0 spiro atoms. The van der Waals surface area contributed by atoms with Gasteiger partial charge in [0.2, 0.25) is 0 Å². The summed E-state index contributed by atoms with van der Waals surface area (Å²) in [5.41, 5.74) is 2.74. The molecule has 162 valence electrons. The average Bonchev–Trinajstić information content (AvgIpc) is 3.11. The van der Waals surface area contributed by atoms with Gasteiger partial charge in [0, 0.05) is 33.5 Å². The molecule has 0 fully saturated rings. The zero-order valence-corrected chi connectivity index (χ0v) is 21.4. The number of carbonyl (C=O) groups excluding carboxylic acids is 1. The van der Waals surface area contributed by atoms with Gasteiger partial charge in [-0.15, -0.1) is 5.54 Å². The highest BCUT2D eigenvalue weighted by molar-refractivity contribution is 6.83. The summed E-state index contributed by atoms with van der Waals surface area (Å²) >= 11 is 0. The number of rotatable bonds is 6. The number of aromatic nitrogens is 2. The minimum atomic E-state index is -1.64. The van der Waals surface area contributed by atoms with Crippen molar-refractivity contribution in [2.75, 3.05) is 6.61 Å². The second kappa shape index (κ2) is 10.1. The van der Waals surface area contributed by atoms with E-state index in [1.807, 2.05) is 16.8 Å². The highest BCUT2D eigenvalue weighted by Crippen LogP contribution is 2.30. The maximum absolute atomic E-state index is 11.9. The number of carbonyl (C=O) groups is 1. The largest absolute Gasteiger partial charge is 0.361 e. The molecule has 0 aliphatic heterocycles. The molecular formula is C24H31N3O2Si2. The predicted molar refractivity (Wildman–Crippen MR) is 129 cm³/mol. The molecule has 1 heterocycles. The monoisotopic (exact) mass is 449 g/mol. The van der Waals surface area contributed by atoms with Crippen LogP contribution < -0.4 is 0 Å². The molecule has 1 atom stereocenters. The van der Waals surface area contributed by atoms with E-state index in [0.29, 0.717) is 19.0 Å². The second-order valence-corrected chi connectivity index (χ2v) is 20.3. The van der Waals surface area contributed by atoms with E-state index in [0.717, 1.165) is 12.7 Å². The molecule has 0 amide bonds. The van der Waals surface area contributed by atoms with E-state index in [-0.39, 0.29) is 11.4 Å². The average molecular weight is 450 g/mol. The fourth-order valence-corrected chi connectivity index (χ4v) is 4.03. The van der Waals surface area contributed by atoms with Crippen LogP contribution in [0.3, 0.4) is 0 Å². The third-order valence-corrected chi connectivity index (χ3v) is 7.09. The molecule has 1 unspecified atom stereocenters. The van der Waals surface area contributed by atoms with E-state index in [1.54, 1.807) is 18.3 Å². The quantitative estimate of drug-likeness (QED) is 0.367. The number of nitrogens with zero attached hydrogens (tertiary/aromatic N) is 3. The lowest BCUT2D eigenvalue weighted by Gasteiger charge is -2.22. The van der Waals surface area contributed by atoms with Crippen LogP contribution >= 0.6 is 0 Å². The van der Waals surface area contributed by atoms with Gasteiger partial charge >= 0.3 is 0 Å². The third-order valence-electron chi connectivity index (χ3n) is 4.51. The first kappa shape index (κ1) is 24.6. The van der Waals surface area contributed by atoms with Crippen molar-refractivity contribution in [1.82, 2.24) is 9.55 Å². The van der Waals surface area contributed by atoms with Crippen LogP contribution in [0.2, 0.25) is 45.3 Å². The van der Waals surface area contributed by atoms with Crippen LogP contribution in [-0.2, 0) is 16.3 Å². The van der Waals surface area contributed by atoms with Crippen LogP contribution in [0.4, 0.5) is 0 Å². The van der Waals surface area contributed by atoms with E-state index < -0.39 is 21.6 Å². The number of hydrogen-bond acceptors (Lipinski definition) is 4. The molecule has 31 heavy (non-hydrogen) atoms. The van der Waals surface area contributed by atoms with E-state index in [4.69, 9.17) is 4.74 Å². The fraction of sp³-hybridized carbons (Fsp3) is 0.458. The van der Waals surface area contributed by atoms with Crippen LogP contribution in [0.5, 0.6) is 0 Å². The summed E-state index contributed by atoms with van der Waals surface area (Å²) < 4.78 is 7.69. The second-order valence-electron chi connectivity index (χ2n) is 9.95. The van der Waals surface area contributed by atoms with Gasteiger partial charge in [0.15, 0.2) is 11.6 Å². The van der Waals surface area contributed by atoms with Gasteiger partial charge < -0.3 is 9.30 Å². The Bertz CT molecular complexity index is 1040. The number of ketones is 1. The predicted octanol–water partition coefficient (Wildman–Crippen LogP) is 4.39. The Hall–Kier alpha value is -2.64. The third kappa shape index (κ3) is 8.19. The normalized spacial score (nSPS) is 18.4. The van der Waals surface area contributed by atoms with Gasteiger partial charge in [0.1, 0.15) is 20.9 Å². The molecule has 0 radical (unpaired) electrons. The lowest BCUT2D eigenvalue weighted by atomic mass is 9.79. The molecule has 0 N–H and O–H groups in total. The Morgan fingerprint density at radius 1 is 1.23 bits per heavy atom. The van der Waals surface area contributed by atoms with Crippen LogP contribution in [0.25, 0.3) is 0 Å². The zero-order valence-electron chi connectivity index (χ0n) is 19.4. The SMILES string of the molecule is C[Si](C)(C)C#CC1(CC#Cc2nccn2COCC[Si](C)(C)C)C=CC(=O)C(C#N)=C1. The van der Waals surface area contributed by atoms with Crippen LogP contribution in [0.15, 0.2) is 36.2 Å². The summed E-state index contributed by atoms with van der Waals surface area (Å²) in [5.74, 6) is 9.92. The Kier molecular flexibility index (Phi) is 8.04. The Morgan fingerprint density at radius 2 is 1.97 bits per heavy atom. The lowest BCUT2D eigenvalue weighted by molar-refractivity contribution is -0.111. The van der Waals surface area contributed by atoms with Gasteiger partial charge in [-0.05, 0) is 24.1 Å². The van der Waals surface area contributed by atoms with E-state index in [9.17, 15) is 10.1 Å². The maximum atomic E-state index is 11.9. The van der Waals surface area contributed by atoms with E-state index in [1.165, 1.54) is 6.08 Å². The summed E-state index contributed by atoms with van der Waals surface area (Å²) in [6, 6.07) is 3.09. The van der Waals surface area contributed by atoms with Crippen molar-refractivity contribution in [3.63, 3.8) is 0 Å². The molecule has 2 rings (SSSR count). The number of imidazole rings is 1. The highest BCUT2D eigenvalue weighted by Gasteiger charge is 2.28. The van der Waals surface area contributed by atoms with Crippen molar-refractivity contribution < 1.29 is 9.53 Å². The first-order valence-corrected chi connectivity index (χ1v) is 17.6. The summed E-state index contributed by atoms with van der Waals surface area (Å²) in [4.78, 5) is 16.3. The Morgan fingerprint density at radius 3 is 2.61 bits per heavy atom. The van der Waals surface area contributed by atoms with Gasteiger partial charge in [-0.2, -0.15) is 5.26 Å². The van der Waals surface area contributed by atoms with Crippen molar-refractivity contribution in [3.8, 4) is 29.4 Å². The standard InChI is InChI=1S/C24H31N3O2Si2/c1-30(2,3)16-12-24(11-9-22(28)21(18-24)19-25)10-7-8-23-26-13-14-27(23)20-29-15-17-31(4,5)6/h9,11,13-14,18H,10,15,17,20H2,1-6H3. The molecule has 0 aromatic carbocycles. The lowest BCUT2D eigenvalue weighted by Crippen LogP contribution is -2.22. The van der Waals surface area contributed by atoms with Crippen molar-refractivity contribution in [1.29, 1.82) is 5.26 Å². The molecule has 1 aliphatic carbocycles. The van der Waals surface area contributed by atoms with Crippen LogP contribution in [-0.4, -0.2) is 38.1 Å². The molecule has 1 aromatic rings. The van der Waals surface area contributed by atoms with E-state index in [2.05, 4.69) is 67.6 Å². The number of allylic oxidation sites excluding steroid dienone is 4. The Labute approximate surface area is 188 Å². The van der Waals surface area contributed by atoms with Crippen LogP contribution in [0, 0.1) is 40.1 Å². The molecule has 0 bridgehead atoms. The van der Waals surface area contributed by atoms with Crippen molar-refractivity contribution in [2.45, 2.75) is 58.5 Å². The van der Waals surface area contributed by atoms with Gasteiger partial charge in [-0.25, -0.2) is 4.98 Å². The molecule has 5 nitrogen and oxygen atoms in total. The molecule has 7 heteroatoms. The summed E-state index contributed by atoms with van der Waals surface area (Å²) in [5, 5.41) is 9.31. The Balaban J connectivity index is 2.18. The minimum Gasteiger partial charge on any atom is -0.361 e. The maximum Gasteiger partial charge on any atom is 0.195 e. The number of ether oxygens (including phenoxy) is 1. The van der Waals surface area contributed by atoms with Crippen molar-refractivity contribution in [3.05, 3.63) is 42.0 Å². The molecule has 0 saturated carbocycles. The zero-order chi connectivity index (χ0) is 23.1. The van der Waals surface area contributed by atoms with Crippen molar-refractivity contribution in [2.24, 2.45) is 5.41 Å². The first-order valence-electron chi connectivity index (χ1n) is 10.4. The first-order chi connectivity index (χ1) is 14.4. The molecule has 1 aromatic heterocycles. The topological polar surface area (TPSA) is 67.9 Å². The molecule has 0 saturated heterocycles. The molecule has 1 aliphatic rings. The fourth-order valence-electron chi connectivity index (χ4n) is 2.66. The smallest absolute Gasteiger partial charge is 0.195 e. The summed E-state index contributed by atoms with van der Waals surface area (Å²) in [7, 11) is -2.76.